The van der Waals surface area contributed by atoms with Crippen molar-refractivity contribution < 1.29 is 4.74 Å². The van der Waals surface area contributed by atoms with Crippen molar-refractivity contribution in [1.82, 2.24) is 5.32 Å². The smallest absolute Gasteiger partial charge is 0.155 e. The minimum absolute atomic E-state index is 0.421. The molecule has 1 aliphatic rings. The van der Waals surface area contributed by atoms with Crippen LogP contribution in [-0.4, -0.2) is 19.8 Å². The summed E-state index contributed by atoms with van der Waals surface area (Å²) >= 11 is 0. The molecule has 1 fully saturated rings. The van der Waals surface area contributed by atoms with Crippen molar-refractivity contribution in [3.63, 3.8) is 0 Å². The third-order valence-corrected chi connectivity index (χ3v) is 4.28. The number of hydrogen-bond acceptors (Lipinski definition) is 3. The van der Waals surface area contributed by atoms with E-state index in [1.54, 1.807) is 0 Å². The Morgan fingerprint density at radius 2 is 2.00 bits per heavy atom. The maximum absolute atomic E-state index is 9.76. The lowest BCUT2D eigenvalue weighted by molar-refractivity contribution is 0.0640. The first-order chi connectivity index (χ1) is 10.3. The number of nitrogens with zero attached hydrogens (tertiary/aromatic N) is 1. The van der Waals surface area contributed by atoms with Crippen LogP contribution in [0, 0.1) is 17.2 Å². The minimum atomic E-state index is -0.726. The van der Waals surface area contributed by atoms with E-state index < -0.39 is 5.54 Å². The zero-order chi connectivity index (χ0) is 15.0. The van der Waals surface area contributed by atoms with Crippen LogP contribution in [0.1, 0.15) is 44.6 Å². The van der Waals surface area contributed by atoms with Gasteiger partial charge in [-0.25, -0.2) is 0 Å². The molecule has 21 heavy (non-hydrogen) atoms. The summed E-state index contributed by atoms with van der Waals surface area (Å²) in [7, 11) is 0. The lowest BCUT2D eigenvalue weighted by Crippen LogP contribution is -2.45. The zero-order valence-electron chi connectivity index (χ0n) is 13.0. The highest BCUT2D eigenvalue weighted by Gasteiger charge is 2.32. The van der Waals surface area contributed by atoms with Gasteiger partial charge in [-0.1, -0.05) is 50.1 Å². The normalized spacial score (nSPS) is 18.3. The van der Waals surface area contributed by atoms with Gasteiger partial charge < -0.3 is 4.74 Å². The van der Waals surface area contributed by atoms with Crippen molar-refractivity contribution in [3.8, 4) is 6.07 Å². The van der Waals surface area contributed by atoms with Crippen LogP contribution in [-0.2, 0) is 10.3 Å². The van der Waals surface area contributed by atoms with Gasteiger partial charge in [-0.05, 0) is 37.3 Å². The molecule has 114 valence electrons. The number of nitriles is 1. The summed E-state index contributed by atoms with van der Waals surface area (Å²) in [5.74, 6) is 0.684. The Morgan fingerprint density at radius 3 is 2.62 bits per heavy atom. The molecule has 3 heteroatoms. The third-order valence-electron chi connectivity index (χ3n) is 4.28. The van der Waals surface area contributed by atoms with Crippen LogP contribution in [0.25, 0.3) is 0 Å². The van der Waals surface area contributed by atoms with E-state index in [1.807, 2.05) is 30.3 Å². The van der Waals surface area contributed by atoms with Gasteiger partial charge in [-0.3, -0.25) is 5.32 Å². The van der Waals surface area contributed by atoms with E-state index >= 15 is 0 Å². The van der Waals surface area contributed by atoms with Gasteiger partial charge in [0.15, 0.2) is 5.54 Å². The Hall–Kier alpha value is -1.37. The number of hydrogen-bond donors (Lipinski definition) is 1. The van der Waals surface area contributed by atoms with E-state index in [1.165, 1.54) is 25.7 Å². The van der Waals surface area contributed by atoms with E-state index in [2.05, 4.69) is 18.3 Å². The largest absolute Gasteiger partial charge is 0.378 e. The van der Waals surface area contributed by atoms with Gasteiger partial charge in [0, 0.05) is 6.61 Å². The molecule has 3 nitrogen and oxygen atoms in total. The molecule has 0 spiro atoms. The topological polar surface area (TPSA) is 45.0 Å². The van der Waals surface area contributed by atoms with E-state index in [-0.39, 0.29) is 0 Å². The van der Waals surface area contributed by atoms with Crippen LogP contribution in [0.5, 0.6) is 0 Å². The summed E-state index contributed by atoms with van der Waals surface area (Å²) in [6.07, 6.45) is 6.19. The van der Waals surface area contributed by atoms with Gasteiger partial charge in [0.05, 0.1) is 12.7 Å². The first kappa shape index (κ1) is 16.0. The van der Waals surface area contributed by atoms with Crippen LogP contribution in [0.2, 0.25) is 0 Å². The minimum Gasteiger partial charge on any atom is -0.378 e. The molecule has 1 atom stereocenters. The van der Waals surface area contributed by atoms with Crippen molar-refractivity contribution >= 4 is 0 Å². The Morgan fingerprint density at radius 1 is 1.29 bits per heavy atom. The van der Waals surface area contributed by atoms with Gasteiger partial charge in [-0.15, -0.1) is 0 Å². The Kier molecular flexibility index (Phi) is 6.22. The molecule has 0 aromatic heterocycles. The molecule has 0 saturated heterocycles. The predicted molar refractivity (Wildman–Crippen MR) is 84.8 cm³/mol. The molecule has 0 bridgehead atoms. The highest BCUT2D eigenvalue weighted by Crippen LogP contribution is 2.26. The fraction of sp³-hybridized carbons (Fsp3) is 0.611. The molecule has 0 amide bonds. The zero-order valence-corrected chi connectivity index (χ0v) is 13.0. The Balaban J connectivity index is 2.02. The molecule has 1 N–H and O–H groups in total. The molecule has 1 aliphatic carbocycles. The first-order valence-corrected chi connectivity index (χ1v) is 8.10. The van der Waals surface area contributed by atoms with Gasteiger partial charge in [0.1, 0.15) is 0 Å². The highest BCUT2D eigenvalue weighted by atomic mass is 16.5. The quantitative estimate of drug-likeness (QED) is 0.794. The van der Waals surface area contributed by atoms with Crippen molar-refractivity contribution in [2.24, 2.45) is 5.92 Å². The molecule has 1 saturated carbocycles. The van der Waals surface area contributed by atoms with Crippen LogP contribution < -0.4 is 5.32 Å². The van der Waals surface area contributed by atoms with Gasteiger partial charge in [0.2, 0.25) is 0 Å². The van der Waals surface area contributed by atoms with E-state index in [0.717, 1.165) is 25.1 Å². The monoisotopic (exact) mass is 286 g/mol. The van der Waals surface area contributed by atoms with Crippen molar-refractivity contribution in [2.45, 2.75) is 44.6 Å². The number of benzene rings is 1. The summed E-state index contributed by atoms with van der Waals surface area (Å²) in [6, 6.07) is 12.4. The highest BCUT2D eigenvalue weighted by molar-refractivity contribution is 5.31. The average Bonchev–Trinajstić information content (AvgIpc) is 3.05. The van der Waals surface area contributed by atoms with Crippen molar-refractivity contribution in [3.05, 3.63) is 35.9 Å². The predicted octanol–water partition coefficient (Wildman–Crippen LogP) is 3.61. The molecular formula is C18H26N2O. The standard InChI is InChI=1S/C18H26N2O/c1-2-12-20-18(14-19,17-10-4-3-5-11-17)15-21-13-16-8-6-7-9-16/h3-5,10-11,16,20H,2,6-9,12-13,15H2,1H3. The first-order valence-electron chi connectivity index (χ1n) is 8.10. The van der Waals surface area contributed by atoms with E-state index in [4.69, 9.17) is 4.74 Å². The molecule has 1 unspecified atom stereocenters. The molecule has 0 heterocycles. The second-order valence-electron chi connectivity index (χ2n) is 5.98. The van der Waals surface area contributed by atoms with Crippen LogP contribution >= 0.6 is 0 Å². The summed E-state index contributed by atoms with van der Waals surface area (Å²) in [5, 5.41) is 13.1. The molecule has 1 aromatic rings. The van der Waals surface area contributed by atoms with Gasteiger partial charge in [0.25, 0.3) is 0 Å². The lowest BCUT2D eigenvalue weighted by atomic mass is 9.92. The molecule has 0 radical (unpaired) electrons. The molecule has 2 rings (SSSR count). The lowest BCUT2D eigenvalue weighted by Gasteiger charge is -2.29. The van der Waals surface area contributed by atoms with Gasteiger partial charge in [-0.2, -0.15) is 5.26 Å². The summed E-state index contributed by atoms with van der Waals surface area (Å²) in [4.78, 5) is 0. The maximum atomic E-state index is 9.76. The second-order valence-corrected chi connectivity index (χ2v) is 5.98. The third kappa shape index (κ3) is 4.30. The fourth-order valence-electron chi connectivity index (χ4n) is 2.99. The molecule has 1 aromatic carbocycles. The van der Waals surface area contributed by atoms with E-state index in [9.17, 15) is 5.26 Å². The van der Waals surface area contributed by atoms with Crippen molar-refractivity contribution in [1.29, 1.82) is 5.26 Å². The molecule has 0 aliphatic heterocycles. The number of nitrogens with one attached hydrogen (secondary N) is 1. The van der Waals surface area contributed by atoms with E-state index in [0.29, 0.717) is 12.5 Å². The summed E-state index contributed by atoms with van der Waals surface area (Å²) in [6.45, 7) is 4.13. The fourth-order valence-corrected chi connectivity index (χ4v) is 2.99. The molecular weight excluding hydrogens is 260 g/mol. The van der Waals surface area contributed by atoms with Gasteiger partial charge >= 0.3 is 0 Å². The van der Waals surface area contributed by atoms with Crippen LogP contribution in [0.15, 0.2) is 30.3 Å². The second kappa shape index (κ2) is 8.17. The maximum Gasteiger partial charge on any atom is 0.155 e. The number of rotatable bonds is 8. The SMILES string of the molecule is CCCNC(C#N)(COCC1CCCC1)c1ccccc1. The Bertz CT molecular complexity index is 448. The average molecular weight is 286 g/mol. The summed E-state index contributed by atoms with van der Waals surface area (Å²) in [5.41, 5.74) is 0.267. The van der Waals surface area contributed by atoms with Crippen LogP contribution in [0.4, 0.5) is 0 Å². The number of ether oxygens (including phenoxy) is 1. The van der Waals surface area contributed by atoms with Crippen LogP contribution in [0.3, 0.4) is 0 Å². The Labute approximate surface area is 128 Å². The summed E-state index contributed by atoms with van der Waals surface area (Å²) < 4.78 is 5.94. The van der Waals surface area contributed by atoms with Crippen molar-refractivity contribution in [2.75, 3.05) is 19.8 Å².